The molecule has 0 bridgehead atoms. The highest BCUT2D eigenvalue weighted by Gasteiger charge is 1.93. The summed E-state index contributed by atoms with van der Waals surface area (Å²) < 4.78 is 0. The summed E-state index contributed by atoms with van der Waals surface area (Å²) in [5, 5.41) is 12.4. The van der Waals surface area contributed by atoms with E-state index in [-0.39, 0.29) is 0 Å². The number of phenolic OH excluding ortho intramolecular Hbond substituents is 1. The molecule has 0 aliphatic rings. The van der Waals surface area contributed by atoms with Gasteiger partial charge in [0.15, 0.2) is 0 Å². The number of likely N-dealkylation sites (N-methyl/N-ethyl adjacent to an activating group) is 1. The summed E-state index contributed by atoms with van der Waals surface area (Å²) >= 11 is 0. The SMILES string of the molecule is CN(C)CCNc1cccc(O)c1. The Labute approximate surface area is 79.0 Å². The minimum Gasteiger partial charge on any atom is -0.508 e. The number of hydrogen-bond acceptors (Lipinski definition) is 3. The van der Waals surface area contributed by atoms with E-state index in [2.05, 4.69) is 10.2 Å². The number of hydrogen-bond donors (Lipinski definition) is 2. The molecular formula is C10H16N2O. The van der Waals surface area contributed by atoms with Gasteiger partial charge in [-0.05, 0) is 26.2 Å². The maximum absolute atomic E-state index is 9.17. The Hall–Kier alpha value is -1.22. The molecule has 0 aliphatic carbocycles. The van der Waals surface area contributed by atoms with Crippen LogP contribution in [0.15, 0.2) is 24.3 Å². The second kappa shape index (κ2) is 4.72. The number of nitrogens with one attached hydrogen (secondary N) is 1. The van der Waals surface area contributed by atoms with Crippen molar-refractivity contribution in [3.05, 3.63) is 24.3 Å². The lowest BCUT2D eigenvalue weighted by molar-refractivity contribution is 0.425. The van der Waals surface area contributed by atoms with Crippen LogP contribution >= 0.6 is 0 Å². The first-order valence-electron chi connectivity index (χ1n) is 4.36. The van der Waals surface area contributed by atoms with Gasteiger partial charge in [-0.25, -0.2) is 0 Å². The standard InChI is InChI=1S/C10H16N2O/c1-12(2)7-6-11-9-4-3-5-10(13)8-9/h3-5,8,11,13H,6-7H2,1-2H3. The summed E-state index contributed by atoms with van der Waals surface area (Å²) in [4.78, 5) is 2.11. The van der Waals surface area contributed by atoms with E-state index in [1.165, 1.54) is 0 Å². The lowest BCUT2D eigenvalue weighted by Gasteiger charge is -2.11. The maximum Gasteiger partial charge on any atom is 0.117 e. The Morgan fingerprint density at radius 2 is 2.15 bits per heavy atom. The fourth-order valence-corrected chi connectivity index (χ4v) is 1.04. The zero-order valence-electron chi connectivity index (χ0n) is 8.12. The van der Waals surface area contributed by atoms with Gasteiger partial charge in [0.1, 0.15) is 5.75 Å². The number of rotatable bonds is 4. The molecule has 0 saturated carbocycles. The van der Waals surface area contributed by atoms with Gasteiger partial charge in [-0.3, -0.25) is 0 Å². The Balaban J connectivity index is 2.37. The van der Waals surface area contributed by atoms with Crippen molar-refractivity contribution in [3.8, 4) is 5.75 Å². The maximum atomic E-state index is 9.17. The third kappa shape index (κ3) is 3.80. The summed E-state index contributed by atoms with van der Waals surface area (Å²) in [6, 6.07) is 7.15. The second-order valence-corrected chi connectivity index (χ2v) is 3.28. The van der Waals surface area contributed by atoms with Gasteiger partial charge in [0.05, 0.1) is 0 Å². The Morgan fingerprint density at radius 1 is 1.38 bits per heavy atom. The third-order valence-electron chi connectivity index (χ3n) is 1.73. The molecule has 0 amide bonds. The molecule has 0 spiro atoms. The minimum absolute atomic E-state index is 0.301. The van der Waals surface area contributed by atoms with E-state index in [0.717, 1.165) is 18.8 Å². The average Bonchev–Trinajstić information content (AvgIpc) is 2.03. The van der Waals surface area contributed by atoms with Crippen LogP contribution in [0.25, 0.3) is 0 Å². The van der Waals surface area contributed by atoms with Crippen LogP contribution in [0.3, 0.4) is 0 Å². The lowest BCUT2D eigenvalue weighted by Crippen LogP contribution is -2.20. The molecule has 1 rings (SSSR count). The average molecular weight is 180 g/mol. The molecule has 3 heteroatoms. The van der Waals surface area contributed by atoms with Crippen molar-refractivity contribution >= 4 is 5.69 Å². The van der Waals surface area contributed by atoms with Crippen LogP contribution in [0, 0.1) is 0 Å². The van der Waals surface area contributed by atoms with Crippen molar-refractivity contribution in [3.63, 3.8) is 0 Å². The van der Waals surface area contributed by atoms with Crippen LogP contribution < -0.4 is 5.32 Å². The molecular weight excluding hydrogens is 164 g/mol. The topological polar surface area (TPSA) is 35.5 Å². The molecule has 2 N–H and O–H groups in total. The summed E-state index contributed by atoms with van der Waals surface area (Å²) in [7, 11) is 4.06. The van der Waals surface area contributed by atoms with Crippen LogP contribution in [0.4, 0.5) is 5.69 Å². The third-order valence-corrected chi connectivity index (χ3v) is 1.73. The van der Waals surface area contributed by atoms with Gasteiger partial charge in [0.25, 0.3) is 0 Å². The molecule has 0 fully saturated rings. The normalized spacial score (nSPS) is 10.4. The number of nitrogens with zero attached hydrogens (tertiary/aromatic N) is 1. The van der Waals surface area contributed by atoms with Gasteiger partial charge in [0, 0.05) is 24.8 Å². The smallest absolute Gasteiger partial charge is 0.117 e. The highest BCUT2D eigenvalue weighted by atomic mass is 16.3. The fraction of sp³-hybridized carbons (Fsp3) is 0.400. The zero-order valence-corrected chi connectivity index (χ0v) is 8.12. The van der Waals surface area contributed by atoms with Gasteiger partial charge < -0.3 is 15.3 Å². The molecule has 3 nitrogen and oxygen atoms in total. The molecule has 0 saturated heterocycles. The summed E-state index contributed by atoms with van der Waals surface area (Å²) in [6.07, 6.45) is 0. The zero-order chi connectivity index (χ0) is 9.68. The first kappa shape index (κ1) is 9.86. The van der Waals surface area contributed by atoms with E-state index >= 15 is 0 Å². The number of aromatic hydroxyl groups is 1. The van der Waals surface area contributed by atoms with Crippen molar-refractivity contribution in [1.29, 1.82) is 0 Å². The van der Waals surface area contributed by atoms with Gasteiger partial charge in [-0.15, -0.1) is 0 Å². The molecule has 0 unspecified atom stereocenters. The van der Waals surface area contributed by atoms with Gasteiger partial charge >= 0.3 is 0 Å². The molecule has 0 heterocycles. The predicted octanol–water partition coefficient (Wildman–Crippen LogP) is 1.37. The number of phenols is 1. The first-order chi connectivity index (χ1) is 6.18. The molecule has 13 heavy (non-hydrogen) atoms. The van der Waals surface area contributed by atoms with Crippen LogP contribution in [0.5, 0.6) is 5.75 Å². The summed E-state index contributed by atoms with van der Waals surface area (Å²) in [5.74, 6) is 0.301. The van der Waals surface area contributed by atoms with Crippen LogP contribution in [0.2, 0.25) is 0 Å². The lowest BCUT2D eigenvalue weighted by atomic mass is 10.3. The Kier molecular flexibility index (Phi) is 3.58. The number of benzene rings is 1. The highest BCUT2D eigenvalue weighted by Crippen LogP contribution is 2.14. The van der Waals surface area contributed by atoms with E-state index in [1.54, 1.807) is 12.1 Å². The van der Waals surface area contributed by atoms with Gasteiger partial charge in [-0.2, -0.15) is 0 Å². The summed E-state index contributed by atoms with van der Waals surface area (Å²) in [6.45, 7) is 1.87. The van der Waals surface area contributed by atoms with Crippen LogP contribution in [-0.4, -0.2) is 37.2 Å². The van der Waals surface area contributed by atoms with Crippen molar-refractivity contribution in [1.82, 2.24) is 4.90 Å². The first-order valence-corrected chi connectivity index (χ1v) is 4.36. The number of anilines is 1. The largest absolute Gasteiger partial charge is 0.508 e. The highest BCUT2D eigenvalue weighted by molar-refractivity contribution is 5.47. The van der Waals surface area contributed by atoms with E-state index in [4.69, 9.17) is 0 Å². The Bertz CT molecular complexity index is 261. The van der Waals surface area contributed by atoms with Crippen molar-refractivity contribution in [2.24, 2.45) is 0 Å². The molecule has 1 aromatic rings. The molecule has 1 aromatic carbocycles. The van der Waals surface area contributed by atoms with Crippen molar-refractivity contribution in [2.45, 2.75) is 0 Å². The molecule has 0 atom stereocenters. The quantitative estimate of drug-likeness (QED) is 0.734. The second-order valence-electron chi connectivity index (χ2n) is 3.28. The fourth-order valence-electron chi connectivity index (χ4n) is 1.04. The molecule has 0 radical (unpaired) electrons. The predicted molar refractivity (Wildman–Crippen MR) is 55.2 cm³/mol. The molecule has 0 aromatic heterocycles. The minimum atomic E-state index is 0.301. The molecule has 72 valence electrons. The van der Waals surface area contributed by atoms with Gasteiger partial charge in [0.2, 0.25) is 0 Å². The van der Waals surface area contributed by atoms with Crippen LogP contribution in [0.1, 0.15) is 0 Å². The van der Waals surface area contributed by atoms with E-state index in [1.807, 2.05) is 26.2 Å². The summed E-state index contributed by atoms with van der Waals surface area (Å²) in [5.41, 5.74) is 0.960. The van der Waals surface area contributed by atoms with Crippen molar-refractivity contribution in [2.75, 3.05) is 32.5 Å². The Morgan fingerprint density at radius 3 is 2.77 bits per heavy atom. The van der Waals surface area contributed by atoms with E-state index in [0.29, 0.717) is 5.75 Å². The monoisotopic (exact) mass is 180 g/mol. The molecule has 0 aliphatic heterocycles. The van der Waals surface area contributed by atoms with E-state index < -0.39 is 0 Å². The van der Waals surface area contributed by atoms with E-state index in [9.17, 15) is 5.11 Å². The van der Waals surface area contributed by atoms with Gasteiger partial charge in [-0.1, -0.05) is 6.07 Å². The van der Waals surface area contributed by atoms with Crippen molar-refractivity contribution < 1.29 is 5.11 Å². The van der Waals surface area contributed by atoms with Crippen LogP contribution in [-0.2, 0) is 0 Å².